The van der Waals surface area contributed by atoms with Gasteiger partial charge in [-0.15, -0.1) is 0 Å². The number of imide groups is 1. The Kier molecular flexibility index (Phi) is 6.01. The molecule has 3 amide bonds. The molecule has 7 nitrogen and oxygen atoms in total. The standard InChI is InChI=1S/C12H21N5O2/c1-4-13-12(19)16-11(18)9(2)14-6-5-10-15-7-8-17(10)3/h7-9,14H,4-6H2,1-3H3,(H2,13,16,18,19). The second kappa shape index (κ2) is 7.52. The van der Waals surface area contributed by atoms with Crippen LogP contribution in [-0.2, 0) is 18.3 Å². The third-order valence-electron chi connectivity index (χ3n) is 2.69. The lowest BCUT2D eigenvalue weighted by atomic mass is 10.3. The van der Waals surface area contributed by atoms with E-state index in [0.29, 0.717) is 13.1 Å². The fraction of sp³-hybridized carbons (Fsp3) is 0.583. The molecule has 0 fully saturated rings. The number of hydrogen-bond donors (Lipinski definition) is 3. The molecule has 0 aliphatic heterocycles. The summed E-state index contributed by atoms with van der Waals surface area (Å²) < 4.78 is 1.93. The van der Waals surface area contributed by atoms with E-state index < -0.39 is 12.1 Å². The summed E-state index contributed by atoms with van der Waals surface area (Å²) in [5, 5.41) is 7.82. The molecule has 0 saturated carbocycles. The Morgan fingerprint density at radius 3 is 2.79 bits per heavy atom. The van der Waals surface area contributed by atoms with Gasteiger partial charge in [0.25, 0.3) is 0 Å². The fourth-order valence-electron chi connectivity index (χ4n) is 1.56. The molecule has 0 aliphatic carbocycles. The molecule has 1 heterocycles. The number of urea groups is 1. The van der Waals surface area contributed by atoms with Crippen molar-refractivity contribution in [3.63, 3.8) is 0 Å². The molecule has 1 aromatic rings. The zero-order valence-corrected chi connectivity index (χ0v) is 11.6. The number of aryl methyl sites for hydroxylation is 1. The van der Waals surface area contributed by atoms with E-state index in [1.807, 2.05) is 17.8 Å². The molecule has 0 aromatic carbocycles. The van der Waals surface area contributed by atoms with Gasteiger partial charge in [0.15, 0.2) is 0 Å². The lowest BCUT2D eigenvalue weighted by Gasteiger charge is -2.13. The van der Waals surface area contributed by atoms with Crippen LogP contribution >= 0.6 is 0 Å². The summed E-state index contributed by atoms with van der Waals surface area (Å²) in [6.45, 7) is 4.61. The topological polar surface area (TPSA) is 88.1 Å². The average Bonchev–Trinajstić information content (AvgIpc) is 2.75. The van der Waals surface area contributed by atoms with Crippen LogP contribution in [0.1, 0.15) is 19.7 Å². The fourth-order valence-corrected chi connectivity index (χ4v) is 1.56. The largest absolute Gasteiger partial charge is 0.338 e. The van der Waals surface area contributed by atoms with Gasteiger partial charge in [-0.1, -0.05) is 0 Å². The van der Waals surface area contributed by atoms with Gasteiger partial charge in [-0.25, -0.2) is 9.78 Å². The lowest BCUT2D eigenvalue weighted by molar-refractivity contribution is -0.121. The third kappa shape index (κ3) is 5.09. The molecule has 1 aromatic heterocycles. The predicted octanol–water partition coefficient (Wildman–Crippen LogP) is -0.214. The summed E-state index contributed by atoms with van der Waals surface area (Å²) >= 11 is 0. The van der Waals surface area contributed by atoms with Crippen molar-refractivity contribution < 1.29 is 9.59 Å². The minimum Gasteiger partial charge on any atom is -0.338 e. The smallest absolute Gasteiger partial charge is 0.321 e. The van der Waals surface area contributed by atoms with Gasteiger partial charge in [-0.05, 0) is 13.8 Å². The molecular weight excluding hydrogens is 246 g/mol. The van der Waals surface area contributed by atoms with Gasteiger partial charge >= 0.3 is 6.03 Å². The van der Waals surface area contributed by atoms with Crippen LogP contribution in [0.4, 0.5) is 4.79 Å². The molecule has 7 heteroatoms. The maximum atomic E-state index is 11.6. The quantitative estimate of drug-likeness (QED) is 0.665. The zero-order chi connectivity index (χ0) is 14.3. The minimum atomic E-state index is -0.467. The van der Waals surface area contributed by atoms with Gasteiger partial charge in [0, 0.05) is 39.0 Å². The van der Waals surface area contributed by atoms with Gasteiger partial charge in [0.05, 0.1) is 6.04 Å². The van der Waals surface area contributed by atoms with Gasteiger partial charge < -0.3 is 15.2 Å². The summed E-state index contributed by atoms with van der Waals surface area (Å²) in [7, 11) is 1.92. The van der Waals surface area contributed by atoms with Gasteiger partial charge in [-0.2, -0.15) is 0 Å². The molecule has 0 radical (unpaired) electrons. The SMILES string of the molecule is CCNC(=O)NC(=O)C(C)NCCc1nccn1C. The zero-order valence-electron chi connectivity index (χ0n) is 11.6. The van der Waals surface area contributed by atoms with Crippen molar-refractivity contribution in [2.75, 3.05) is 13.1 Å². The number of amides is 3. The third-order valence-corrected chi connectivity index (χ3v) is 2.69. The molecule has 1 unspecified atom stereocenters. The molecule has 1 atom stereocenters. The van der Waals surface area contributed by atoms with Crippen molar-refractivity contribution in [1.29, 1.82) is 0 Å². The lowest BCUT2D eigenvalue weighted by Crippen LogP contribution is -2.48. The Morgan fingerprint density at radius 1 is 1.47 bits per heavy atom. The van der Waals surface area contributed by atoms with E-state index >= 15 is 0 Å². The monoisotopic (exact) mass is 267 g/mol. The molecule has 3 N–H and O–H groups in total. The van der Waals surface area contributed by atoms with E-state index in [4.69, 9.17) is 0 Å². The Hall–Kier alpha value is -1.89. The van der Waals surface area contributed by atoms with Gasteiger partial charge in [0.1, 0.15) is 5.82 Å². The summed E-state index contributed by atoms with van der Waals surface area (Å²) in [4.78, 5) is 27.0. The molecule has 19 heavy (non-hydrogen) atoms. The Bertz CT molecular complexity index is 430. The normalized spacial score (nSPS) is 11.9. The highest BCUT2D eigenvalue weighted by Crippen LogP contribution is 1.94. The Balaban J connectivity index is 2.27. The van der Waals surface area contributed by atoms with Crippen molar-refractivity contribution in [3.8, 4) is 0 Å². The van der Waals surface area contributed by atoms with Crippen LogP contribution in [0.2, 0.25) is 0 Å². The van der Waals surface area contributed by atoms with Crippen LogP contribution in [0.5, 0.6) is 0 Å². The molecule has 106 valence electrons. The number of nitrogens with zero attached hydrogens (tertiary/aromatic N) is 2. The number of hydrogen-bond acceptors (Lipinski definition) is 4. The summed E-state index contributed by atoms with van der Waals surface area (Å²) in [5.41, 5.74) is 0. The molecule has 0 aliphatic rings. The highest BCUT2D eigenvalue weighted by atomic mass is 16.2. The highest BCUT2D eigenvalue weighted by Gasteiger charge is 2.14. The van der Waals surface area contributed by atoms with Gasteiger partial charge in [-0.3, -0.25) is 10.1 Å². The number of carbonyl (C=O) groups excluding carboxylic acids is 2. The molecule has 0 saturated heterocycles. The number of imidazole rings is 1. The van der Waals surface area contributed by atoms with Crippen LogP contribution in [-0.4, -0.2) is 40.6 Å². The van der Waals surface area contributed by atoms with Crippen LogP contribution < -0.4 is 16.0 Å². The first-order chi connectivity index (χ1) is 9.04. The number of nitrogens with one attached hydrogen (secondary N) is 3. The van der Waals surface area contributed by atoms with Crippen molar-refractivity contribution in [1.82, 2.24) is 25.5 Å². The first kappa shape index (κ1) is 15.2. The maximum Gasteiger partial charge on any atom is 0.321 e. The molecule has 0 bridgehead atoms. The van der Waals surface area contributed by atoms with Crippen LogP contribution in [0.25, 0.3) is 0 Å². The van der Waals surface area contributed by atoms with E-state index in [0.717, 1.165) is 12.2 Å². The molecular formula is C12H21N5O2. The van der Waals surface area contributed by atoms with Crippen molar-refractivity contribution in [3.05, 3.63) is 18.2 Å². The second-order valence-electron chi connectivity index (χ2n) is 4.23. The Morgan fingerprint density at radius 2 is 2.21 bits per heavy atom. The molecule has 1 rings (SSSR count). The van der Waals surface area contributed by atoms with Crippen molar-refractivity contribution >= 4 is 11.9 Å². The summed E-state index contributed by atoms with van der Waals surface area (Å²) in [6, 6.07) is -0.895. The first-order valence-electron chi connectivity index (χ1n) is 6.32. The first-order valence-corrected chi connectivity index (χ1v) is 6.32. The summed E-state index contributed by atoms with van der Waals surface area (Å²) in [5.74, 6) is 0.606. The molecule has 0 spiro atoms. The van der Waals surface area contributed by atoms with E-state index in [1.54, 1.807) is 20.0 Å². The van der Waals surface area contributed by atoms with Crippen LogP contribution in [0.3, 0.4) is 0 Å². The number of rotatable bonds is 6. The van der Waals surface area contributed by atoms with E-state index in [1.165, 1.54) is 0 Å². The number of carbonyl (C=O) groups is 2. The predicted molar refractivity (Wildman–Crippen MR) is 71.6 cm³/mol. The average molecular weight is 267 g/mol. The maximum absolute atomic E-state index is 11.6. The second-order valence-corrected chi connectivity index (χ2v) is 4.23. The van der Waals surface area contributed by atoms with Gasteiger partial charge in [0.2, 0.25) is 5.91 Å². The van der Waals surface area contributed by atoms with Crippen LogP contribution in [0.15, 0.2) is 12.4 Å². The minimum absolute atomic E-state index is 0.342. The van der Waals surface area contributed by atoms with E-state index in [-0.39, 0.29) is 5.91 Å². The van der Waals surface area contributed by atoms with E-state index in [2.05, 4.69) is 20.9 Å². The highest BCUT2D eigenvalue weighted by molar-refractivity contribution is 5.96. The summed E-state index contributed by atoms with van der Waals surface area (Å²) in [6.07, 6.45) is 4.34. The van der Waals surface area contributed by atoms with E-state index in [9.17, 15) is 9.59 Å². The van der Waals surface area contributed by atoms with Crippen LogP contribution in [0, 0.1) is 0 Å². The Labute approximate surface area is 112 Å². The number of aromatic nitrogens is 2. The van der Waals surface area contributed by atoms with Crippen molar-refractivity contribution in [2.45, 2.75) is 26.3 Å². The van der Waals surface area contributed by atoms with Crippen molar-refractivity contribution in [2.24, 2.45) is 7.05 Å².